The van der Waals surface area contributed by atoms with Crippen molar-refractivity contribution in [2.45, 2.75) is 77.5 Å². The van der Waals surface area contributed by atoms with Crippen LogP contribution in [0.25, 0.3) is 0 Å². The number of nitrogens with zero attached hydrogens (tertiary/aromatic N) is 1. The van der Waals surface area contributed by atoms with Gasteiger partial charge >= 0.3 is 0 Å². The molecule has 1 heterocycles. The third-order valence-electron chi connectivity index (χ3n) is 5.32. The normalized spacial score (nSPS) is 29.6. The van der Waals surface area contributed by atoms with Gasteiger partial charge in [-0.2, -0.15) is 0 Å². The SMILES string of the molecule is COC(C)CN1CC2(CCCCC2)NCC1C(C)(C)C. The van der Waals surface area contributed by atoms with Gasteiger partial charge < -0.3 is 10.1 Å². The Bertz CT molecular complexity index is 305. The molecule has 0 aromatic carbocycles. The molecule has 2 atom stereocenters. The van der Waals surface area contributed by atoms with Crippen LogP contribution in [0.4, 0.5) is 0 Å². The molecule has 2 fully saturated rings. The smallest absolute Gasteiger partial charge is 0.0670 e. The van der Waals surface area contributed by atoms with Gasteiger partial charge in [-0.15, -0.1) is 0 Å². The molecule has 0 radical (unpaired) electrons. The van der Waals surface area contributed by atoms with E-state index in [1.165, 1.54) is 38.6 Å². The fourth-order valence-electron chi connectivity index (χ4n) is 4.01. The molecule has 3 heteroatoms. The minimum atomic E-state index is 0.316. The van der Waals surface area contributed by atoms with Crippen LogP contribution in [-0.4, -0.2) is 49.3 Å². The largest absolute Gasteiger partial charge is 0.380 e. The summed E-state index contributed by atoms with van der Waals surface area (Å²) in [6.45, 7) is 12.7. The summed E-state index contributed by atoms with van der Waals surface area (Å²) in [5, 5.41) is 3.93. The van der Waals surface area contributed by atoms with E-state index in [1.807, 2.05) is 7.11 Å². The van der Waals surface area contributed by atoms with Crippen LogP contribution in [-0.2, 0) is 4.74 Å². The summed E-state index contributed by atoms with van der Waals surface area (Å²) in [5.74, 6) is 0. The van der Waals surface area contributed by atoms with Crippen LogP contribution in [0.3, 0.4) is 0 Å². The van der Waals surface area contributed by atoms with E-state index in [0.29, 0.717) is 23.1 Å². The maximum absolute atomic E-state index is 5.53. The van der Waals surface area contributed by atoms with Crippen molar-refractivity contribution >= 4 is 0 Å². The van der Waals surface area contributed by atoms with E-state index < -0.39 is 0 Å². The topological polar surface area (TPSA) is 24.5 Å². The predicted octanol–water partition coefficient (Wildman–Crippen LogP) is 3.04. The number of rotatable bonds is 3. The first-order valence-electron chi connectivity index (χ1n) is 8.38. The molecule has 0 aromatic rings. The van der Waals surface area contributed by atoms with E-state index in [4.69, 9.17) is 4.74 Å². The Labute approximate surface area is 125 Å². The molecule has 1 saturated heterocycles. The number of hydrogen-bond donors (Lipinski definition) is 1. The lowest BCUT2D eigenvalue weighted by Gasteiger charge is -2.53. The van der Waals surface area contributed by atoms with Crippen molar-refractivity contribution < 1.29 is 4.74 Å². The summed E-state index contributed by atoms with van der Waals surface area (Å²) < 4.78 is 5.53. The van der Waals surface area contributed by atoms with Gasteiger partial charge in [-0.3, -0.25) is 4.90 Å². The van der Waals surface area contributed by atoms with Crippen LogP contribution in [0, 0.1) is 5.41 Å². The first-order valence-corrected chi connectivity index (χ1v) is 8.38. The zero-order chi connectivity index (χ0) is 14.8. The fourth-order valence-corrected chi connectivity index (χ4v) is 4.01. The van der Waals surface area contributed by atoms with Crippen molar-refractivity contribution in [1.82, 2.24) is 10.2 Å². The summed E-state index contributed by atoms with van der Waals surface area (Å²) in [5.41, 5.74) is 0.699. The maximum atomic E-state index is 5.53. The van der Waals surface area contributed by atoms with Gasteiger partial charge in [-0.1, -0.05) is 40.0 Å². The van der Waals surface area contributed by atoms with Gasteiger partial charge in [0.1, 0.15) is 0 Å². The van der Waals surface area contributed by atoms with E-state index in [1.54, 1.807) is 0 Å². The lowest BCUT2D eigenvalue weighted by molar-refractivity contribution is -0.0226. The van der Waals surface area contributed by atoms with Crippen LogP contribution in [0.1, 0.15) is 59.8 Å². The van der Waals surface area contributed by atoms with E-state index in [2.05, 4.69) is 37.9 Å². The molecule has 2 rings (SSSR count). The molecular formula is C17H34N2O. The fraction of sp³-hybridized carbons (Fsp3) is 1.00. The van der Waals surface area contributed by atoms with Gasteiger partial charge in [-0.05, 0) is 25.2 Å². The standard InChI is InChI=1S/C17H34N2O/c1-14(20-5)12-19-13-17(9-7-6-8-10-17)18-11-15(19)16(2,3)4/h14-15,18H,6-13H2,1-5H3. The zero-order valence-electron chi connectivity index (χ0n) is 14.2. The van der Waals surface area contributed by atoms with Crippen molar-refractivity contribution in [3.8, 4) is 0 Å². The molecule has 1 aliphatic heterocycles. The van der Waals surface area contributed by atoms with Crippen molar-refractivity contribution in [2.24, 2.45) is 5.41 Å². The Hall–Kier alpha value is -0.120. The molecule has 1 saturated carbocycles. The number of methoxy groups -OCH3 is 1. The van der Waals surface area contributed by atoms with Crippen molar-refractivity contribution in [1.29, 1.82) is 0 Å². The minimum absolute atomic E-state index is 0.316. The summed E-state index contributed by atoms with van der Waals surface area (Å²) in [7, 11) is 1.83. The molecular weight excluding hydrogens is 248 g/mol. The number of piperazine rings is 1. The minimum Gasteiger partial charge on any atom is -0.380 e. The number of nitrogens with one attached hydrogen (secondary N) is 1. The average molecular weight is 282 g/mol. The number of hydrogen-bond acceptors (Lipinski definition) is 3. The Morgan fingerprint density at radius 2 is 1.90 bits per heavy atom. The Morgan fingerprint density at radius 3 is 2.45 bits per heavy atom. The van der Waals surface area contributed by atoms with E-state index in [-0.39, 0.29) is 0 Å². The second-order valence-electron chi connectivity index (χ2n) is 8.08. The summed E-state index contributed by atoms with van der Waals surface area (Å²) in [4.78, 5) is 2.70. The van der Waals surface area contributed by atoms with E-state index in [9.17, 15) is 0 Å². The Kier molecular flexibility index (Phi) is 5.14. The third-order valence-corrected chi connectivity index (χ3v) is 5.32. The highest BCUT2D eigenvalue weighted by Crippen LogP contribution is 2.35. The highest BCUT2D eigenvalue weighted by Gasteiger charge is 2.43. The van der Waals surface area contributed by atoms with Crippen molar-refractivity contribution in [3.05, 3.63) is 0 Å². The van der Waals surface area contributed by atoms with Crippen LogP contribution in [0.15, 0.2) is 0 Å². The Balaban J connectivity index is 2.09. The average Bonchev–Trinajstić information content (AvgIpc) is 2.38. The van der Waals surface area contributed by atoms with Gasteiger partial charge in [0.2, 0.25) is 0 Å². The van der Waals surface area contributed by atoms with Crippen molar-refractivity contribution in [2.75, 3.05) is 26.7 Å². The van der Waals surface area contributed by atoms with Gasteiger partial charge in [0.15, 0.2) is 0 Å². The molecule has 1 aliphatic carbocycles. The monoisotopic (exact) mass is 282 g/mol. The molecule has 2 aliphatic rings. The molecule has 2 unspecified atom stereocenters. The highest BCUT2D eigenvalue weighted by molar-refractivity contribution is 5.02. The van der Waals surface area contributed by atoms with E-state index in [0.717, 1.165) is 13.1 Å². The van der Waals surface area contributed by atoms with Crippen LogP contribution >= 0.6 is 0 Å². The second-order valence-corrected chi connectivity index (χ2v) is 8.08. The summed E-state index contributed by atoms with van der Waals surface area (Å²) in [6, 6.07) is 0.604. The van der Waals surface area contributed by atoms with Gasteiger partial charge in [-0.25, -0.2) is 0 Å². The molecule has 1 spiro atoms. The number of ether oxygens (including phenoxy) is 1. The molecule has 0 bridgehead atoms. The maximum Gasteiger partial charge on any atom is 0.0670 e. The lowest BCUT2D eigenvalue weighted by Crippen LogP contribution is -2.68. The molecule has 1 N–H and O–H groups in total. The van der Waals surface area contributed by atoms with Crippen molar-refractivity contribution in [3.63, 3.8) is 0 Å². The van der Waals surface area contributed by atoms with E-state index >= 15 is 0 Å². The third kappa shape index (κ3) is 3.75. The van der Waals surface area contributed by atoms with Gasteiger partial charge in [0, 0.05) is 38.3 Å². The molecule has 20 heavy (non-hydrogen) atoms. The highest BCUT2D eigenvalue weighted by atomic mass is 16.5. The predicted molar refractivity (Wildman–Crippen MR) is 85.1 cm³/mol. The molecule has 3 nitrogen and oxygen atoms in total. The molecule has 0 aromatic heterocycles. The summed E-state index contributed by atoms with van der Waals surface area (Å²) >= 11 is 0. The first kappa shape index (κ1) is 16.3. The lowest BCUT2D eigenvalue weighted by atomic mass is 9.76. The van der Waals surface area contributed by atoms with Crippen LogP contribution in [0.2, 0.25) is 0 Å². The van der Waals surface area contributed by atoms with Gasteiger partial charge in [0.05, 0.1) is 6.10 Å². The summed E-state index contributed by atoms with van der Waals surface area (Å²) in [6.07, 6.45) is 7.21. The molecule has 118 valence electrons. The zero-order valence-corrected chi connectivity index (χ0v) is 14.2. The van der Waals surface area contributed by atoms with Crippen LogP contribution in [0.5, 0.6) is 0 Å². The second kappa shape index (κ2) is 6.33. The first-order chi connectivity index (χ1) is 9.36. The van der Waals surface area contributed by atoms with Crippen LogP contribution < -0.4 is 5.32 Å². The van der Waals surface area contributed by atoms with Gasteiger partial charge in [0.25, 0.3) is 0 Å². The Morgan fingerprint density at radius 1 is 1.25 bits per heavy atom. The molecule has 0 amide bonds. The quantitative estimate of drug-likeness (QED) is 0.861.